The molecule has 2 aromatic rings. The molecule has 0 aliphatic carbocycles. The van der Waals surface area contributed by atoms with Crippen LogP contribution in [0.1, 0.15) is 17.3 Å². The Morgan fingerprint density at radius 3 is 2.28 bits per heavy atom. The Balaban J connectivity index is 2.22. The van der Waals surface area contributed by atoms with Gasteiger partial charge in [-0.1, -0.05) is 0 Å². The number of benzene rings is 2. The van der Waals surface area contributed by atoms with Crippen LogP contribution >= 0.6 is 0 Å². The van der Waals surface area contributed by atoms with Crippen molar-refractivity contribution in [3.8, 4) is 11.5 Å². The number of amides is 1. The van der Waals surface area contributed by atoms with Crippen LogP contribution in [0.5, 0.6) is 11.5 Å². The van der Waals surface area contributed by atoms with E-state index in [9.17, 15) is 28.5 Å². The number of esters is 1. The van der Waals surface area contributed by atoms with Gasteiger partial charge in [-0.25, -0.2) is 13.6 Å². The fourth-order valence-corrected chi connectivity index (χ4v) is 2.29. The summed E-state index contributed by atoms with van der Waals surface area (Å²) in [5.74, 6) is -3.90. The smallest absolute Gasteiger partial charge is 0.346 e. The minimum atomic E-state index is -1.44. The van der Waals surface area contributed by atoms with Crippen LogP contribution in [0.3, 0.4) is 0 Å². The van der Waals surface area contributed by atoms with E-state index < -0.39 is 45.8 Å². The van der Waals surface area contributed by atoms with Gasteiger partial charge in [-0.2, -0.15) is 0 Å². The Morgan fingerprint density at radius 2 is 1.72 bits per heavy atom. The quantitative estimate of drug-likeness (QED) is 0.423. The van der Waals surface area contributed by atoms with Crippen LogP contribution in [0, 0.1) is 21.7 Å². The molecule has 0 fully saturated rings. The van der Waals surface area contributed by atoms with E-state index >= 15 is 0 Å². The van der Waals surface area contributed by atoms with Gasteiger partial charge < -0.3 is 19.5 Å². The van der Waals surface area contributed by atoms with E-state index in [1.165, 1.54) is 21.1 Å². The topological polar surface area (TPSA) is 117 Å². The Hall–Kier alpha value is -3.76. The molecule has 2 rings (SSSR count). The number of hydrogen-bond donors (Lipinski definition) is 1. The van der Waals surface area contributed by atoms with Gasteiger partial charge in [-0.05, 0) is 19.1 Å². The Labute approximate surface area is 163 Å². The number of carbonyl (C=O) groups is 2. The van der Waals surface area contributed by atoms with Crippen LogP contribution in [0.15, 0.2) is 30.3 Å². The van der Waals surface area contributed by atoms with Crippen LogP contribution < -0.4 is 14.8 Å². The van der Waals surface area contributed by atoms with Crippen molar-refractivity contribution in [3.05, 3.63) is 57.6 Å². The molecule has 0 heterocycles. The minimum Gasteiger partial charge on any atom is -0.493 e. The number of nitro benzene ring substituents is 1. The molecule has 0 radical (unpaired) electrons. The van der Waals surface area contributed by atoms with Gasteiger partial charge in [0.05, 0.1) is 30.9 Å². The number of ether oxygens (including phenoxy) is 3. The summed E-state index contributed by atoms with van der Waals surface area (Å²) >= 11 is 0. The number of halogens is 2. The molecule has 0 aliphatic rings. The number of hydrogen-bond acceptors (Lipinski definition) is 7. The van der Waals surface area contributed by atoms with Gasteiger partial charge in [-0.3, -0.25) is 14.9 Å². The van der Waals surface area contributed by atoms with Crippen molar-refractivity contribution in [2.45, 2.75) is 13.0 Å². The molecular formula is C18H16F2N2O7. The van der Waals surface area contributed by atoms with E-state index in [0.717, 1.165) is 24.3 Å². The highest BCUT2D eigenvalue weighted by molar-refractivity contribution is 5.99. The molecule has 0 aromatic heterocycles. The van der Waals surface area contributed by atoms with Gasteiger partial charge >= 0.3 is 5.97 Å². The second-order valence-corrected chi connectivity index (χ2v) is 5.64. The fourth-order valence-electron chi connectivity index (χ4n) is 2.29. The van der Waals surface area contributed by atoms with Crippen LogP contribution in [-0.4, -0.2) is 37.1 Å². The van der Waals surface area contributed by atoms with Crippen LogP contribution in [0.2, 0.25) is 0 Å². The summed E-state index contributed by atoms with van der Waals surface area (Å²) in [6.45, 7) is 1.18. The summed E-state index contributed by atoms with van der Waals surface area (Å²) in [4.78, 5) is 35.0. The van der Waals surface area contributed by atoms with Crippen molar-refractivity contribution in [1.82, 2.24) is 0 Å². The van der Waals surface area contributed by atoms with Gasteiger partial charge in [0.15, 0.2) is 17.6 Å². The van der Waals surface area contributed by atoms with E-state index in [0.29, 0.717) is 6.07 Å². The van der Waals surface area contributed by atoms with Crippen LogP contribution in [0.4, 0.5) is 20.2 Å². The molecule has 0 aliphatic heterocycles. The van der Waals surface area contributed by atoms with Gasteiger partial charge in [0.25, 0.3) is 11.6 Å². The van der Waals surface area contributed by atoms with E-state index in [2.05, 4.69) is 5.32 Å². The summed E-state index contributed by atoms with van der Waals surface area (Å²) in [5, 5.41) is 13.4. The normalized spacial score (nSPS) is 11.3. The molecule has 1 unspecified atom stereocenters. The lowest BCUT2D eigenvalue weighted by Crippen LogP contribution is -2.30. The molecule has 154 valence electrons. The molecular weight excluding hydrogens is 394 g/mol. The maximum absolute atomic E-state index is 13.6. The monoisotopic (exact) mass is 410 g/mol. The number of nitro groups is 1. The van der Waals surface area contributed by atoms with Crippen LogP contribution in [0.25, 0.3) is 0 Å². The van der Waals surface area contributed by atoms with Crippen molar-refractivity contribution in [3.63, 3.8) is 0 Å². The van der Waals surface area contributed by atoms with Crippen LogP contribution in [-0.2, 0) is 9.53 Å². The van der Waals surface area contributed by atoms with Crippen molar-refractivity contribution in [2.75, 3.05) is 19.5 Å². The van der Waals surface area contributed by atoms with Crippen molar-refractivity contribution >= 4 is 23.3 Å². The number of nitrogens with zero attached hydrogens (tertiary/aromatic N) is 1. The lowest BCUT2D eigenvalue weighted by atomic mass is 10.1. The lowest BCUT2D eigenvalue weighted by Gasteiger charge is -2.15. The van der Waals surface area contributed by atoms with Crippen molar-refractivity contribution in [1.29, 1.82) is 0 Å². The van der Waals surface area contributed by atoms with Crippen molar-refractivity contribution < 1.29 is 37.5 Å². The summed E-state index contributed by atoms with van der Waals surface area (Å²) in [6.07, 6.45) is -1.44. The number of anilines is 1. The van der Waals surface area contributed by atoms with E-state index in [-0.39, 0.29) is 17.2 Å². The molecule has 0 spiro atoms. The van der Waals surface area contributed by atoms with E-state index in [4.69, 9.17) is 14.2 Å². The van der Waals surface area contributed by atoms with E-state index in [1.807, 2.05) is 0 Å². The summed E-state index contributed by atoms with van der Waals surface area (Å²) in [6, 6.07) is 4.52. The molecule has 1 atom stereocenters. The second-order valence-electron chi connectivity index (χ2n) is 5.64. The number of nitrogens with one attached hydrogen (secondary N) is 1. The molecule has 0 saturated heterocycles. The molecule has 0 bridgehead atoms. The summed E-state index contributed by atoms with van der Waals surface area (Å²) in [5.41, 5.74) is -1.42. The van der Waals surface area contributed by atoms with Gasteiger partial charge in [0.1, 0.15) is 17.2 Å². The van der Waals surface area contributed by atoms with E-state index in [1.54, 1.807) is 0 Å². The molecule has 29 heavy (non-hydrogen) atoms. The van der Waals surface area contributed by atoms with Gasteiger partial charge in [0.2, 0.25) is 0 Å². The highest BCUT2D eigenvalue weighted by Crippen LogP contribution is 2.35. The third-order valence-electron chi connectivity index (χ3n) is 3.76. The Morgan fingerprint density at radius 1 is 1.10 bits per heavy atom. The number of rotatable bonds is 7. The molecule has 1 N–H and O–H groups in total. The van der Waals surface area contributed by atoms with Gasteiger partial charge in [0, 0.05) is 12.1 Å². The zero-order valence-corrected chi connectivity index (χ0v) is 15.5. The zero-order chi connectivity index (χ0) is 21.7. The first-order chi connectivity index (χ1) is 13.7. The molecule has 9 nitrogen and oxygen atoms in total. The number of carbonyl (C=O) groups excluding carboxylic acids is 2. The molecule has 11 heteroatoms. The predicted molar refractivity (Wildman–Crippen MR) is 96.1 cm³/mol. The minimum absolute atomic E-state index is 0.0216. The Kier molecular flexibility index (Phi) is 6.65. The average Bonchev–Trinajstić information content (AvgIpc) is 2.68. The Bertz CT molecular complexity index is 965. The van der Waals surface area contributed by atoms with Gasteiger partial charge in [-0.15, -0.1) is 0 Å². The predicted octanol–water partition coefficient (Wildman–Crippen LogP) is 3.07. The first kappa shape index (κ1) is 21.5. The highest BCUT2D eigenvalue weighted by atomic mass is 19.1. The SMILES string of the molecule is COc1cc(C(=O)OC(C)C(=O)Nc2ccc(F)cc2F)c([N+](=O)[O-])cc1OC. The first-order valence-corrected chi connectivity index (χ1v) is 8.05. The maximum atomic E-state index is 13.6. The standard InChI is InChI=1S/C18H16F2N2O7/c1-9(17(23)21-13-5-4-10(19)6-12(13)20)29-18(24)11-7-15(27-2)16(28-3)8-14(11)22(25)26/h4-9H,1-3H3,(H,21,23). The fraction of sp³-hybridized carbons (Fsp3) is 0.222. The second kappa shape index (κ2) is 8.95. The third-order valence-corrected chi connectivity index (χ3v) is 3.76. The highest BCUT2D eigenvalue weighted by Gasteiger charge is 2.28. The zero-order valence-electron chi connectivity index (χ0n) is 15.5. The molecule has 2 aromatic carbocycles. The largest absolute Gasteiger partial charge is 0.493 e. The average molecular weight is 410 g/mol. The molecule has 0 saturated carbocycles. The molecule has 1 amide bonds. The number of methoxy groups -OCH3 is 2. The lowest BCUT2D eigenvalue weighted by molar-refractivity contribution is -0.385. The third kappa shape index (κ3) is 4.94. The first-order valence-electron chi connectivity index (χ1n) is 8.05. The maximum Gasteiger partial charge on any atom is 0.346 e. The summed E-state index contributed by atoms with van der Waals surface area (Å²) < 4.78 is 41.5. The van der Waals surface area contributed by atoms with Crippen molar-refractivity contribution in [2.24, 2.45) is 0 Å². The summed E-state index contributed by atoms with van der Waals surface area (Å²) in [7, 11) is 2.53.